The van der Waals surface area contributed by atoms with Crippen molar-refractivity contribution in [2.75, 3.05) is 0 Å². The van der Waals surface area contributed by atoms with Crippen LogP contribution < -0.4 is 0 Å². The summed E-state index contributed by atoms with van der Waals surface area (Å²) in [6.45, 7) is 0. The first-order valence-corrected chi connectivity index (χ1v) is 8.68. The summed E-state index contributed by atoms with van der Waals surface area (Å²) in [7, 11) is 1.87. The van der Waals surface area contributed by atoms with E-state index in [-0.39, 0.29) is 12.2 Å². The molecular formula is C22H18N4O. The predicted molar refractivity (Wildman–Crippen MR) is 104 cm³/mol. The quantitative estimate of drug-likeness (QED) is 0.509. The second-order valence-corrected chi connectivity index (χ2v) is 6.31. The zero-order valence-electron chi connectivity index (χ0n) is 14.9. The Kier molecular flexibility index (Phi) is 4.58. The number of pyridine rings is 1. The number of Topliss-reactive ketones (excluding diaryl/α,β-unsaturated/α-hetero) is 1. The first-order chi connectivity index (χ1) is 13.2. The second-order valence-electron chi connectivity index (χ2n) is 6.31. The number of carbonyl (C=O) groups excluding carboxylic acids is 1. The lowest BCUT2D eigenvalue weighted by atomic mass is 10.1. The Morgan fingerprint density at radius 3 is 2.33 bits per heavy atom. The zero-order chi connectivity index (χ0) is 18.6. The molecule has 0 saturated heterocycles. The van der Waals surface area contributed by atoms with E-state index in [9.17, 15) is 4.79 Å². The molecule has 0 unspecified atom stereocenters. The van der Waals surface area contributed by atoms with Gasteiger partial charge in [0.05, 0.1) is 12.1 Å². The van der Waals surface area contributed by atoms with E-state index in [4.69, 9.17) is 0 Å². The molecule has 0 N–H and O–H groups in total. The smallest absolute Gasteiger partial charge is 0.185 e. The standard InChI is InChI=1S/C22H18N4O/c1-26-15-17(11-20(26)21(27)12-19-9-5-6-10-23-19)18-13-24-22(25-14-18)16-7-3-2-4-8-16/h2-11,13-15H,12H2,1H3. The molecule has 5 nitrogen and oxygen atoms in total. The fourth-order valence-electron chi connectivity index (χ4n) is 2.97. The fraction of sp³-hybridized carbons (Fsp3) is 0.0909. The van der Waals surface area contributed by atoms with Crippen LogP contribution in [-0.4, -0.2) is 25.3 Å². The molecule has 0 saturated carbocycles. The van der Waals surface area contributed by atoms with E-state index < -0.39 is 0 Å². The summed E-state index contributed by atoms with van der Waals surface area (Å²) < 4.78 is 1.84. The highest BCUT2D eigenvalue weighted by Crippen LogP contribution is 2.23. The molecule has 0 aliphatic rings. The highest BCUT2D eigenvalue weighted by molar-refractivity contribution is 5.97. The number of aromatic nitrogens is 4. The molecule has 0 radical (unpaired) electrons. The van der Waals surface area contributed by atoms with E-state index in [1.54, 1.807) is 18.6 Å². The predicted octanol–water partition coefficient (Wildman–Crippen LogP) is 3.97. The van der Waals surface area contributed by atoms with Crippen molar-refractivity contribution in [3.8, 4) is 22.5 Å². The fourth-order valence-corrected chi connectivity index (χ4v) is 2.97. The zero-order valence-corrected chi connectivity index (χ0v) is 14.9. The van der Waals surface area contributed by atoms with E-state index in [1.807, 2.05) is 72.4 Å². The molecular weight excluding hydrogens is 336 g/mol. The normalized spacial score (nSPS) is 10.7. The van der Waals surface area contributed by atoms with Crippen molar-refractivity contribution < 1.29 is 4.79 Å². The van der Waals surface area contributed by atoms with Crippen LogP contribution in [0.25, 0.3) is 22.5 Å². The van der Waals surface area contributed by atoms with Crippen LogP contribution in [0, 0.1) is 0 Å². The van der Waals surface area contributed by atoms with Gasteiger partial charge in [-0.3, -0.25) is 9.78 Å². The van der Waals surface area contributed by atoms with Crippen molar-refractivity contribution in [3.63, 3.8) is 0 Å². The van der Waals surface area contributed by atoms with Gasteiger partial charge in [-0.15, -0.1) is 0 Å². The number of hydrogen-bond donors (Lipinski definition) is 0. The average Bonchev–Trinajstić information content (AvgIpc) is 3.11. The van der Waals surface area contributed by atoms with Gasteiger partial charge in [0.2, 0.25) is 0 Å². The number of rotatable bonds is 5. The van der Waals surface area contributed by atoms with Crippen LogP contribution in [0.5, 0.6) is 0 Å². The van der Waals surface area contributed by atoms with Crippen molar-refractivity contribution in [2.24, 2.45) is 7.05 Å². The van der Waals surface area contributed by atoms with Gasteiger partial charge in [-0.1, -0.05) is 36.4 Å². The number of nitrogens with zero attached hydrogens (tertiary/aromatic N) is 4. The minimum atomic E-state index is 0.0317. The third-order valence-electron chi connectivity index (χ3n) is 4.38. The number of benzene rings is 1. The van der Waals surface area contributed by atoms with Crippen LogP contribution in [0.3, 0.4) is 0 Å². The molecule has 3 heterocycles. The molecule has 0 spiro atoms. The van der Waals surface area contributed by atoms with Gasteiger partial charge in [-0.2, -0.15) is 0 Å². The molecule has 0 amide bonds. The van der Waals surface area contributed by atoms with Gasteiger partial charge in [0.1, 0.15) is 0 Å². The van der Waals surface area contributed by atoms with Crippen molar-refractivity contribution in [1.29, 1.82) is 0 Å². The number of aryl methyl sites for hydroxylation is 1. The molecule has 0 fully saturated rings. The molecule has 1 aromatic carbocycles. The Morgan fingerprint density at radius 1 is 0.889 bits per heavy atom. The van der Waals surface area contributed by atoms with E-state index in [0.717, 1.165) is 22.4 Å². The van der Waals surface area contributed by atoms with Gasteiger partial charge < -0.3 is 4.57 Å². The largest absolute Gasteiger partial charge is 0.348 e. The first-order valence-electron chi connectivity index (χ1n) is 8.68. The maximum Gasteiger partial charge on any atom is 0.185 e. The molecule has 4 rings (SSSR count). The van der Waals surface area contributed by atoms with Crippen molar-refractivity contribution in [2.45, 2.75) is 6.42 Å². The highest BCUT2D eigenvalue weighted by Gasteiger charge is 2.14. The molecule has 0 aliphatic heterocycles. The van der Waals surface area contributed by atoms with Gasteiger partial charge in [0, 0.05) is 54.2 Å². The summed E-state index contributed by atoms with van der Waals surface area (Å²) in [5.74, 6) is 0.714. The van der Waals surface area contributed by atoms with Crippen LogP contribution in [0.2, 0.25) is 0 Å². The Bertz CT molecular complexity index is 1050. The SMILES string of the molecule is Cn1cc(-c2cnc(-c3ccccc3)nc2)cc1C(=O)Cc1ccccn1. The van der Waals surface area contributed by atoms with Gasteiger partial charge in [-0.25, -0.2) is 9.97 Å². The maximum atomic E-state index is 12.6. The first kappa shape index (κ1) is 16.8. The number of hydrogen-bond acceptors (Lipinski definition) is 4. The van der Waals surface area contributed by atoms with Gasteiger partial charge in [-0.05, 0) is 18.2 Å². The van der Waals surface area contributed by atoms with Crippen molar-refractivity contribution in [3.05, 3.63) is 90.8 Å². The lowest BCUT2D eigenvalue weighted by molar-refractivity contribution is 0.0984. The Balaban J connectivity index is 1.57. The maximum absolute atomic E-state index is 12.6. The second kappa shape index (κ2) is 7.33. The summed E-state index contributed by atoms with van der Waals surface area (Å²) in [5.41, 5.74) is 4.18. The number of carbonyl (C=O) groups is 1. The van der Waals surface area contributed by atoms with Crippen LogP contribution >= 0.6 is 0 Å². The van der Waals surface area contributed by atoms with Crippen LogP contribution in [0.4, 0.5) is 0 Å². The van der Waals surface area contributed by atoms with E-state index >= 15 is 0 Å². The minimum Gasteiger partial charge on any atom is -0.348 e. The molecule has 132 valence electrons. The summed E-state index contributed by atoms with van der Waals surface area (Å²) in [4.78, 5) is 25.8. The third-order valence-corrected chi connectivity index (χ3v) is 4.38. The summed E-state index contributed by atoms with van der Waals surface area (Å²) >= 11 is 0. The molecule has 5 heteroatoms. The van der Waals surface area contributed by atoms with Crippen molar-refractivity contribution >= 4 is 5.78 Å². The van der Waals surface area contributed by atoms with Crippen LogP contribution in [0.1, 0.15) is 16.2 Å². The summed E-state index contributed by atoms with van der Waals surface area (Å²) in [6.07, 6.45) is 7.48. The lowest BCUT2D eigenvalue weighted by Crippen LogP contribution is -2.09. The Labute approximate surface area is 157 Å². The molecule has 3 aromatic heterocycles. The lowest BCUT2D eigenvalue weighted by Gasteiger charge is -2.01. The van der Waals surface area contributed by atoms with Gasteiger partial charge in [0.25, 0.3) is 0 Å². The molecule has 0 atom stereocenters. The summed E-state index contributed by atoms with van der Waals surface area (Å²) in [5, 5.41) is 0. The van der Waals surface area contributed by atoms with E-state index in [1.165, 1.54) is 0 Å². The topological polar surface area (TPSA) is 60.7 Å². The monoisotopic (exact) mass is 354 g/mol. The molecule has 4 aromatic rings. The molecule has 27 heavy (non-hydrogen) atoms. The van der Waals surface area contributed by atoms with E-state index in [0.29, 0.717) is 11.5 Å². The van der Waals surface area contributed by atoms with Gasteiger partial charge in [0.15, 0.2) is 11.6 Å². The molecule has 0 aliphatic carbocycles. The average molecular weight is 354 g/mol. The number of ketones is 1. The van der Waals surface area contributed by atoms with Crippen molar-refractivity contribution in [1.82, 2.24) is 19.5 Å². The van der Waals surface area contributed by atoms with Gasteiger partial charge >= 0.3 is 0 Å². The van der Waals surface area contributed by atoms with Crippen LogP contribution in [-0.2, 0) is 13.5 Å². The Morgan fingerprint density at radius 2 is 1.63 bits per heavy atom. The third kappa shape index (κ3) is 3.67. The molecule has 0 bridgehead atoms. The summed E-state index contributed by atoms with van der Waals surface area (Å²) in [6, 6.07) is 17.3. The van der Waals surface area contributed by atoms with Crippen LogP contribution in [0.15, 0.2) is 79.4 Å². The minimum absolute atomic E-state index is 0.0317. The Hall–Kier alpha value is -3.60. The highest BCUT2D eigenvalue weighted by atomic mass is 16.1. The van der Waals surface area contributed by atoms with E-state index in [2.05, 4.69) is 15.0 Å².